The van der Waals surface area contributed by atoms with Crippen molar-refractivity contribution >= 4 is 11.2 Å². The number of aromatic nitrogens is 4. The number of H-pyrrole nitrogens is 1. The van der Waals surface area contributed by atoms with Crippen LogP contribution in [-0.2, 0) is 11.2 Å². The molecule has 17 heavy (non-hydrogen) atoms. The molecular formula is C12H16N4O. The fraction of sp³-hybridized carbons (Fsp3) is 0.583. The van der Waals surface area contributed by atoms with Crippen LogP contribution < -0.4 is 0 Å². The number of nitrogens with one attached hydrogen (secondary N) is 1. The van der Waals surface area contributed by atoms with E-state index in [4.69, 9.17) is 4.74 Å². The van der Waals surface area contributed by atoms with Gasteiger partial charge in [0.25, 0.3) is 0 Å². The van der Waals surface area contributed by atoms with Gasteiger partial charge in [0.15, 0.2) is 5.65 Å². The highest BCUT2D eigenvalue weighted by Crippen LogP contribution is 2.17. The molecule has 1 saturated heterocycles. The van der Waals surface area contributed by atoms with E-state index in [1.807, 2.05) is 0 Å². The van der Waals surface area contributed by atoms with Crippen LogP contribution in [0, 0.1) is 0 Å². The normalized spacial score (nSPS) is 20.8. The average molecular weight is 232 g/mol. The number of aromatic amines is 1. The molecule has 5 nitrogen and oxygen atoms in total. The second-order valence-corrected chi connectivity index (χ2v) is 4.47. The minimum absolute atomic E-state index is 0.406. The molecule has 2 aromatic heterocycles. The predicted octanol–water partition coefficient (Wildman–Crippen LogP) is 1.85. The van der Waals surface area contributed by atoms with Gasteiger partial charge >= 0.3 is 0 Å². The number of aryl methyl sites for hydroxylation is 1. The Labute approximate surface area is 99.6 Å². The minimum Gasteiger partial charge on any atom is -0.378 e. The van der Waals surface area contributed by atoms with Gasteiger partial charge in [-0.25, -0.2) is 15.0 Å². The van der Waals surface area contributed by atoms with Crippen LogP contribution in [0.1, 0.15) is 31.5 Å². The molecule has 1 aliphatic rings. The molecule has 0 bridgehead atoms. The maximum Gasteiger partial charge on any atom is 0.180 e. The summed E-state index contributed by atoms with van der Waals surface area (Å²) in [5, 5.41) is 0. The van der Waals surface area contributed by atoms with E-state index in [2.05, 4.69) is 19.9 Å². The Balaban J connectivity index is 1.64. The first-order valence-corrected chi connectivity index (χ1v) is 6.18. The van der Waals surface area contributed by atoms with Crippen LogP contribution in [0.15, 0.2) is 12.5 Å². The number of fused-ring (bicyclic) bond motifs is 1. The van der Waals surface area contributed by atoms with E-state index in [0.29, 0.717) is 6.10 Å². The van der Waals surface area contributed by atoms with Crippen molar-refractivity contribution in [3.8, 4) is 0 Å². The van der Waals surface area contributed by atoms with Crippen molar-refractivity contribution in [3.05, 3.63) is 18.3 Å². The van der Waals surface area contributed by atoms with Gasteiger partial charge in [0.05, 0.1) is 12.3 Å². The van der Waals surface area contributed by atoms with Crippen molar-refractivity contribution in [2.75, 3.05) is 6.61 Å². The molecule has 3 rings (SSSR count). The standard InChI is InChI=1S/C12H16N4O/c1-2-6-17-9(3-1)4-5-11-15-10-7-13-8-14-12(10)16-11/h7-9H,1-6H2,(H,13,14,15,16). The third-order valence-corrected chi connectivity index (χ3v) is 3.19. The molecule has 0 saturated carbocycles. The zero-order chi connectivity index (χ0) is 11.5. The summed E-state index contributed by atoms with van der Waals surface area (Å²) in [6, 6.07) is 0. The fourth-order valence-electron chi connectivity index (χ4n) is 2.26. The van der Waals surface area contributed by atoms with Crippen LogP contribution in [0.25, 0.3) is 11.2 Å². The van der Waals surface area contributed by atoms with Crippen molar-refractivity contribution in [3.63, 3.8) is 0 Å². The van der Waals surface area contributed by atoms with Gasteiger partial charge in [-0.05, 0) is 25.7 Å². The van der Waals surface area contributed by atoms with Crippen molar-refractivity contribution in [1.82, 2.24) is 19.9 Å². The predicted molar refractivity (Wildman–Crippen MR) is 63.6 cm³/mol. The van der Waals surface area contributed by atoms with Crippen molar-refractivity contribution < 1.29 is 4.74 Å². The third kappa shape index (κ3) is 2.44. The van der Waals surface area contributed by atoms with Gasteiger partial charge in [-0.15, -0.1) is 0 Å². The fourth-order valence-corrected chi connectivity index (χ4v) is 2.26. The van der Waals surface area contributed by atoms with Gasteiger partial charge in [0.1, 0.15) is 17.7 Å². The van der Waals surface area contributed by atoms with Gasteiger partial charge in [0, 0.05) is 13.0 Å². The van der Waals surface area contributed by atoms with Gasteiger partial charge < -0.3 is 9.72 Å². The molecule has 2 aromatic rings. The Morgan fingerprint density at radius 1 is 1.41 bits per heavy atom. The zero-order valence-electron chi connectivity index (χ0n) is 9.72. The highest BCUT2D eigenvalue weighted by atomic mass is 16.5. The van der Waals surface area contributed by atoms with E-state index < -0.39 is 0 Å². The first-order valence-electron chi connectivity index (χ1n) is 6.18. The zero-order valence-corrected chi connectivity index (χ0v) is 9.72. The summed E-state index contributed by atoms with van der Waals surface area (Å²) in [7, 11) is 0. The van der Waals surface area contributed by atoms with Crippen LogP contribution in [0.2, 0.25) is 0 Å². The van der Waals surface area contributed by atoms with Crippen molar-refractivity contribution in [1.29, 1.82) is 0 Å². The molecule has 0 spiro atoms. The summed E-state index contributed by atoms with van der Waals surface area (Å²) in [5.41, 5.74) is 1.66. The molecule has 0 radical (unpaired) electrons. The van der Waals surface area contributed by atoms with Crippen LogP contribution in [0.5, 0.6) is 0 Å². The number of nitrogens with zero attached hydrogens (tertiary/aromatic N) is 3. The molecule has 0 aliphatic carbocycles. The highest BCUT2D eigenvalue weighted by Gasteiger charge is 2.14. The molecular weight excluding hydrogens is 216 g/mol. The molecule has 5 heteroatoms. The largest absolute Gasteiger partial charge is 0.378 e. The Kier molecular flexibility index (Phi) is 3.00. The third-order valence-electron chi connectivity index (χ3n) is 3.19. The lowest BCUT2D eigenvalue weighted by molar-refractivity contribution is 0.0112. The number of rotatable bonds is 3. The molecule has 90 valence electrons. The Hall–Kier alpha value is -1.49. The van der Waals surface area contributed by atoms with Gasteiger partial charge in [0.2, 0.25) is 0 Å². The van der Waals surface area contributed by atoms with E-state index in [1.165, 1.54) is 25.6 Å². The summed E-state index contributed by atoms with van der Waals surface area (Å²) in [6.45, 7) is 0.913. The maximum atomic E-state index is 5.70. The van der Waals surface area contributed by atoms with Crippen LogP contribution in [-0.4, -0.2) is 32.6 Å². The first kappa shape index (κ1) is 10.7. The topological polar surface area (TPSA) is 63.7 Å². The second kappa shape index (κ2) is 4.79. The van der Waals surface area contributed by atoms with Crippen molar-refractivity contribution in [2.24, 2.45) is 0 Å². The Morgan fingerprint density at radius 3 is 3.24 bits per heavy atom. The lowest BCUT2D eigenvalue weighted by Crippen LogP contribution is -2.19. The maximum absolute atomic E-state index is 5.70. The molecule has 0 amide bonds. The van der Waals surface area contributed by atoms with Gasteiger partial charge in [-0.3, -0.25) is 0 Å². The monoisotopic (exact) mass is 232 g/mol. The van der Waals surface area contributed by atoms with Crippen LogP contribution >= 0.6 is 0 Å². The van der Waals surface area contributed by atoms with E-state index >= 15 is 0 Å². The summed E-state index contributed by atoms with van der Waals surface area (Å²) < 4.78 is 5.70. The molecule has 1 fully saturated rings. The molecule has 0 aromatic carbocycles. The smallest absolute Gasteiger partial charge is 0.180 e. The number of ether oxygens (including phenoxy) is 1. The number of hydrogen-bond acceptors (Lipinski definition) is 4. The molecule has 1 N–H and O–H groups in total. The van der Waals surface area contributed by atoms with Crippen LogP contribution in [0.3, 0.4) is 0 Å². The van der Waals surface area contributed by atoms with E-state index in [-0.39, 0.29) is 0 Å². The minimum atomic E-state index is 0.406. The Morgan fingerprint density at radius 2 is 2.41 bits per heavy atom. The van der Waals surface area contributed by atoms with E-state index in [0.717, 1.165) is 36.4 Å². The number of imidazole rings is 1. The van der Waals surface area contributed by atoms with E-state index in [9.17, 15) is 0 Å². The highest BCUT2D eigenvalue weighted by molar-refractivity contribution is 5.68. The summed E-state index contributed by atoms with van der Waals surface area (Å²) in [6.07, 6.45) is 9.32. The Bertz CT molecular complexity index is 457. The first-order chi connectivity index (χ1) is 8.42. The summed E-state index contributed by atoms with van der Waals surface area (Å²) in [4.78, 5) is 15.8. The molecule has 3 heterocycles. The summed E-state index contributed by atoms with van der Waals surface area (Å²) >= 11 is 0. The second-order valence-electron chi connectivity index (χ2n) is 4.47. The summed E-state index contributed by atoms with van der Waals surface area (Å²) in [5.74, 6) is 0.981. The van der Waals surface area contributed by atoms with E-state index in [1.54, 1.807) is 6.20 Å². The molecule has 1 atom stereocenters. The molecule has 1 aliphatic heterocycles. The SMILES string of the molecule is c1ncc2[nH]c(CCC3CCCCO3)nc2n1. The number of hydrogen-bond donors (Lipinski definition) is 1. The lowest BCUT2D eigenvalue weighted by atomic mass is 10.0. The average Bonchev–Trinajstić information content (AvgIpc) is 2.80. The quantitative estimate of drug-likeness (QED) is 0.877. The lowest BCUT2D eigenvalue weighted by Gasteiger charge is -2.21. The van der Waals surface area contributed by atoms with Gasteiger partial charge in [-0.2, -0.15) is 0 Å². The van der Waals surface area contributed by atoms with Gasteiger partial charge in [-0.1, -0.05) is 0 Å². The molecule has 1 unspecified atom stereocenters. The van der Waals surface area contributed by atoms with Crippen molar-refractivity contribution in [2.45, 2.75) is 38.2 Å². The van der Waals surface area contributed by atoms with Crippen LogP contribution in [0.4, 0.5) is 0 Å².